The first kappa shape index (κ1) is 15.5. The fourth-order valence-corrected chi connectivity index (χ4v) is 2.64. The van der Waals surface area contributed by atoms with Crippen LogP contribution in [0, 0.1) is 0 Å². The van der Waals surface area contributed by atoms with Crippen molar-refractivity contribution in [2.45, 2.75) is 78.0 Å². The summed E-state index contributed by atoms with van der Waals surface area (Å²) in [5.74, 6) is 0.979. The average molecular weight is 281 g/mol. The molecule has 0 aromatic carbocycles. The van der Waals surface area contributed by atoms with Gasteiger partial charge in [-0.3, -0.25) is 0 Å². The van der Waals surface area contributed by atoms with Crippen molar-refractivity contribution in [2.75, 3.05) is 0 Å². The predicted molar refractivity (Wildman–Crippen MR) is 78.5 cm³/mol. The molecule has 1 fully saturated rings. The Labute approximate surface area is 121 Å². The summed E-state index contributed by atoms with van der Waals surface area (Å²) in [6.45, 7) is 9.86. The minimum atomic E-state index is 0.287. The molecule has 1 saturated heterocycles. The van der Waals surface area contributed by atoms with Crippen molar-refractivity contribution < 1.29 is 13.9 Å². The zero-order valence-electron chi connectivity index (χ0n) is 13.0. The molecule has 4 nitrogen and oxygen atoms in total. The largest absolute Gasteiger partial charge is 0.468 e. The van der Waals surface area contributed by atoms with E-state index in [2.05, 4.69) is 33.0 Å². The van der Waals surface area contributed by atoms with Crippen LogP contribution in [0.5, 0.6) is 0 Å². The molecule has 2 unspecified atom stereocenters. The first-order valence-electron chi connectivity index (χ1n) is 7.60. The fourth-order valence-electron chi connectivity index (χ4n) is 2.64. The number of nitrogens with one attached hydrogen (secondary N) is 1. The molecule has 114 valence electrons. The van der Waals surface area contributed by atoms with E-state index in [1.807, 2.05) is 6.07 Å². The maximum atomic E-state index is 6.05. The lowest BCUT2D eigenvalue weighted by Gasteiger charge is -2.32. The Balaban J connectivity index is 1.83. The van der Waals surface area contributed by atoms with Crippen molar-refractivity contribution in [1.82, 2.24) is 5.32 Å². The third kappa shape index (κ3) is 4.62. The average Bonchev–Trinajstić information content (AvgIpc) is 2.80. The normalized spacial score (nSPS) is 27.1. The van der Waals surface area contributed by atoms with Gasteiger partial charge in [0.05, 0.1) is 37.7 Å². The molecule has 2 heterocycles. The first-order valence-corrected chi connectivity index (χ1v) is 7.60. The molecule has 1 aromatic heterocycles. The lowest BCUT2D eigenvalue weighted by atomic mass is 10.0. The molecular weight excluding hydrogens is 254 g/mol. The minimum absolute atomic E-state index is 0.287. The second-order valence-electron chi connectivity index (χ2n) is 6.07. The molecule has 20 heavy (non-hydrogen) atoms. The summed E-state index contributed by atoms with van der Waals surface area (Å²) < 4.78 is 17.3. The number of ether oxygens (including phenoxy) is 2. The highest BCUT2D eigenvalue weighted by Crippen LogP contribution is 2.23. The van der Waals surface area contributed by atoms with Crippen LogP contribution < -0.4 is 5.32 Å². The summed E-state index contributed by atoms with van der Waals surface area (Å²) in [5, 5.41) is 3.37. The maximum absolute atomic E-state index is 6.05. The van der Waals surface area contributed by atoms with Crippen molar-refractivity contribution in [3.63, 3.8) is 0 Å². The Kier molecular flexibility index (Phi) is 5.64. The number of hydrogen-bond donors (Lipinski definition) is 1. The molecule has 1 aliphatic rings. The van der Waals surface area contributed by atoms with Gasteiger partial charge in [-0.25, -0.2) is 0 Å². The maximum Gasteiger partial charge on any atom is 0.123 e. The summed E-state index contributed by atoms with van der Waals surface area (Å²) in [6.07, 6.45) is 4.55. The van der Waals surface area contributed by atoms with Gasteiger partial charge >= 0.3 is 0 Å². The van der Waals surface area contributed by atoms with Crippen LogP contribution in [-0.2, 0) is 22.6 Å². The molecule has 0 radical (unpaired) electrons. The van der Waals surface area contributed by atoms with Crippen molar-refractivity contribution in [3.05, 3.63) is 23.7 Å². The molecule has 2 atom stereocenters. The molecule has 0 amide bonds. The Morgan fingerprint density at radius 3 is 2.65 bits per heavy atom. The van der Waals surface area contributed by atoms with E-state index in [0.717, 1.165) is 30.7 Å². The van der Waals surface area contributed by atoms with Gasteiger partial charge in [0.1, 0.15) is 5.76 Å². The highest BCUT2D eigenvalue weighted by atomic mass is 16.5. The summed E-state index contributed by atoms with van der Waals surface area (Å²) >= 11 is 0. The Morgan fingerprint density at radius 2 is 2.00 bits per heavy atom. The minimum Gasteiger partial charge on any atom is -0.468 e. The van der Waals surface area contributed by atoms with Crippen molar-refractivity contribution >= 4 is 0 Å². The van der Waals surface area contributed by atoms with Crippen LogP contribution in [0.1, 0.15) is 51.9 Å². The third-order valence-corrected chi connectivity index (χ3v) is 3.64. The smallest absolute Gasteiger partial charge is 0.123 e. The fraction of sp³-hybridized carbons (Fsp3) is 0.750. The molecule has 1 N–H and O–H groups in total. The quantitative estimate of drug-likeness (QED) is 0.869. The van der Waals surface area contributed by atoms with E-state index in [4.69, 9.17) is 13.9 Å². The van der Waals surface area contributed by atoms with Gasteiger partial charge in [0.25, 0.3) is 0 Å². The van der Waals surface area contributed by atoms with Crippen molar-refractivity contribution in [1.29, 1.82) is 0 Å². The lowest BCUT2D eigenvalue weighted by Crippen LogP contribution is -2.34. The van der Waals surface area contributed by atoms with Gasteiger partial charge in [-0.1, -0.05) is 13.8 Å². The van der Waals surface area contributed by atoms with Crippen LogP contribution in [-0.4, -0.2) is 24.4 Å². The van der Waals surface area contributed by atoms with Gasteiger partial charge < -0.3 is 19.2 Å². The monoisotopic (exact) mass is 281 g/mol. The molecule has 0 bridgehead atoms. The van der Waals surface area contributed by atoms with Gasteiger partial charge in [0.2, 0.25) is 0 Å². The second-order valence-corrected chi connectivity index (χ2v) is 6.07. The van der Waals surface area contributed by atoms with Crippen molar-refractivity contribution in [3.8, 4) is 0 Å². The van der Waals surface area contributed by atoms with Gasteiger partial charge in [-0.2, -0.15) is 0 Å². The van der Waals surface area contributed by atoms with Gasteiger partial charge in [0, 0.05) is 11.6 Å². The van der Waals surface area contributed by atoms with Crippen LogP contribution in [0.3, 0.4) is 0 Å². The van der Waals surface area contributed by atoms with Gasteiger partial charge in [-0.15, -0.1) is 0 Å². The molecule has 1 aliphatic heterocycles. The van der Waals surface area contributed by atoms with Crippen LogP contribution in [0.15, 0.2) is 16.7 Å². The van der Waals surface area contributed by atoms with E-state index in [0.29, 0.717) is 12.6 Å². The molecule has 1 aromatic rings. The number of rotatable bonds is 6. The second kappa shape index (κ2) is 7.25. The highest BCUT2D eigenvalue weighted by molar-refractivity contribution is 5.16. The first-order chi connectivity index (χ1) is 9.54. The van der Waals surface area contributed by atoms with Crippen LogP contribution in [0.25, 0.3) is 0 Å². The summed E-state index contributed by atoms with van der Waals surface area (Å²) in [4.78, 5) is 0. The third-order valence-electron chi connectivity index (χ3n) is 3.64. The Morgan fingerprint density at radius 1 is 1.30 bits per heavy atom. The topological polar surface area (TPSA) is 43.6 Å². The number of hydrogen-bond acceptors (Lipinski definition) is 4. The summed E-state index contributed by atoms with van der Waals surface area (Å²) in [5.41, 5.74) is 1.14. The van der Waals surface area contributed by atoms with Gasteiger partial charge in [0.15, 0.2) is 0 Å². The van der Waals surface area contributed by atoms with Gasteiger partial charge in [-0.05, 0) is 32.8 Å². The van der Waals surface area contributed by atoms with Crippen molar-refractivity contribution in [2.24, 2.45) is 0 Å². The molecule has 0 aliphatic carbocycles. The Hall–Kier alpha value is -0.840. The van der Waals surface area contributed by atoms with Crippen LogP contribution in [0.2, 0.25) is 0 Å². The van der Waals surface area contributed by atoms with Crippen LogP contribution >= 0.6 is 0 Å². The van der Waals surface area contributed by atoms with Crippen LogP contribution in [0.4, 0.5) is 0 Å². The molecule has 0 spiro atoms. The summed E-state index contributed by atoms with van der Waals surface area (Å²) in [7, 11) is 0. The Bertz CT molecular complexity index is 392. The van der Waals surface area contributed by atoms with E-state index in [1.54, 1.807) is 6.26 Å². The van der Waals surface area contributed by atoms with E-state index in [1.165, 1.54) is 0 Å². The van der Waals surface area contributed by atoms with E-state index < -0.39 is 0 Å². The van der Waals surface area contributed by atoms with E-state index >= 15 is 0 Å². The standard InChI is InChI=1S/C16H27NO3/c1-11(2)17-9-16-14(5-6-18-16)10-19-15-7-12(3)20-13(4)8-15/h5-6,11-13,15,17H,7-10H2,1-4H3. The zero-order chi connectivity index (χ0) is 14.5. The number of furan rings is 1. The lowest BCUT2D eigenvalue weighted by molar-refractivity contribution is -0.106. The molecule has 2 rings (SSSR count). The molecule has 0 saturated carbocycles. The zero-order valence-corrected chi connectivity index (χ0v) is 13.0. The SMILES string of the molecule is CC(C)NCc1occc1COC1CC(C)OC(C)C1. The molecule has 4 heteroatoms. The molecular formula is C16H27NO3. The van der Waals surface area contributed by atoms with E-state index in [9.17, 15) is 0 Å². The van der Waals surface area contributed by atoms with E-state index in [-0.39, 0.29) is 18.3 Å². The summed E-state index contributed by atoms with van der Waals surface area (Å²) in [6, 6.07) is 2.45. The predicted octanol–water partition coefficient (Wildman–Crippen LogP) is 3.25. The highest BCUT2D eigenvalue weighted by Gasteiger charge is 2.25.